The Labute approximate surface area is 151 Å². The summed E-state index contributed by atoms with van der Waals surface area (Å²) in [6.45, 7) is 1.84. The highest BCUT2D eigenvalue weighted by molar-refractivity contribution is 7.15. The fourth-order valence-corrected chi connectivity index (χ4v) is 6.66. The van der Waals surface area contributed by atoms with Gasteiger partial charge in [-0.2, -0.15) is 5.10 Å². The molecule has 2 heterocycles. The molecule has 6 rings (SSSR count). The molecule has 6 nitrogen and oxygen atoms in total. The van der Waals surface area contributed by atoms with E-state index in [9.17, 15) is 4.79 Å². The van der Waals surface area contributed by atoms with Crippen molar-refractivity contribution in [1.82, 2.24) is 20.0 Å². The van der Waals surface area contributed by atoms with Gasteiger partial charge in [0.15, 0.2) is 0 Å². The van der Waals surface area contributed by atoms with E-state index in [-0.39, 0.29) is 17.4 Å². The maximum atomic E-state index is 12.4. The fraction of sp³-hybridized carbons (Fsp3) is 0.667. The van der Waals surface area contributed by atoms with E-state index in [1.165, 1.54) is 38.5 Å². The second kappa shape index (κ2) is 5.62. The van der Waals surface area contributed by atoms with Crippen LogP contribution in [0.1, 0.15) is 56.5 Å². The fourth-order valence-electron chi connectivity index (χ4n) is 5.70. The highest BCUT2D eigenvalue weighted by Crippen LogP contribution is 2.61. The molecule has 1 amide bonds. The predicted octanol–water partition coefficient (Wildman–Crippen LogP) is 3.40. The van der Waals surface area contributed by atoms with Crippen molar-refractivity contribution in [3.05, 3.63) is 23.5 Å². The molecule has 1 atom stereocenters. The van der Waals surface area contributed by atoms with Crippen molar-refractivity contribution in [2.75, 3.05) is 5.32 Å². The van der Waals surface area contributed by atoms with E-state index in [2.05, 4.69) is 20.6 Å². The Balaban J connectivity index is 1.33. The average molecular weight is 357 g/mol. The average Bonchev–Trinajstić information content (AvgIpc) is 3.25. The third-order valence-corrected chi connectivity index (χ3v) is 7.53. The van der Waals surface area contributed by atoms with Crippen molar-refractivity contribution in [2.24, 2.45) is 17.8 Å². The summed E-state index contributed by atoms with van der Waals surface area (Å²) in [7, 11) is 0. The third-order valence-electron chi connectivity index (χ3n) is 6.45. The minimum atomic E-state index is -0.359. The summed E-state index contributed by atoms with van der Waals surface area (Å²) < 4.78 is 1.65. The highest BCUT2D eigenvalue weighted by Gasteiger charge is 2.53. The molecule has 1 unspecified atom stereocenters. The zero-order valence-electron chi connectivity index (χ0n) is 14.4. The van der Waals surface area contributed by atoms with Crippen molar-refractivity contribution in [3.63, 3.8) is 0 Å². The zero-order valence-corrected chi connectivity index (χ0v) is 15.2. The summed E-state index contributed by atoms with van der Waals surface area (Å²) in [5.41, 5.74) is 0.239. The lowest BCUT2D eigenvalue weighted by atomic mass is 9.50. The number of nitrogens with one attached hydrogen (secondary N) is 1. The molecule has 4 aliphatic carbocycles. The minimum Gasteiger partial charge on any atom is -0.299 e. The van der Waals surface area contributed by atoms with Gasteiger partial charge in [-0.1, -0.05) is 11.3 Å². The van der Waals surface area contributed by atoms with Crippen molar-refractivity contribution in [3.8, 4) is 0 Å². The summed E-state index contributed by atoms with van der Waals surface area (Å²) in [5.74, 6) is 2.55. The van der Waals surface area contributed by atoms with Crippen molar-refractivity contribution in [2.45, 2.75) is 56.9 Å². The van der Waals surface area contributed by atoms with Crippen LogP contribution in [0.25, 0.3) is 0 Å². The monoisotopic (exact) mass is 357 g/mol. The molecular formula is C18H23N5OS. The minimum absolute atomic E-state index is 0.100. The molecule has 4 saturated carbocycles. The van der Waals surface area contributed by atoms with E-state index >= 15 is 0 Å². The third kappa shape index (κ3) is 2.60. The van der Waals surface area contributed by atoms with E-state index in [4.69, 9.17) is 0 Å². The predicted molar refractivity (Wildman–Crippen MR) is 95.3 cm³/mol. The van der Waals surface area contributed by atoms with Gasteiger partial charge in [-0.3, -0.25) is 14.8 Å². The number of hydrogen-bond acceptors (Lipinski definition) is 5. The van der Waals surface area contributed by atoms with Gasteiger partial charge in [0.2, 0.25) is 5.13 Å². The number of carbonyl (C=O) groups is 1. The van der Waals surface area contributed by atoms with Crippen LogP contribution in [0.3, 0.4) is 0 Å². The highest BCUT2D eigenvalue weighted by atomic mass is 32.1. The Morgan fingerprint density at radius 2 is 1.92 bits per heavy atom. The first kappa shape index (κ1) is 15.5. The van der Waals surface area contributed by atoms with Gasteiger partial charge in [0, 0.05) is 17.8 Å². The van der Waals surface area contributed by atoms with Gasteiger partial charge in [0.1, 0.15) is 11.0 Å². The molecule has 1 N–H and O–H groups in total. The molecule has 4 aliphatic rings. The second-order valence-electron chi connectivity index (χ2n) is 8.26. The lowest BCUT2D eigenvalue weighted by molar-refractivity contribution is -0.119. The molecule has 0 aliphatic heterocycles. The first-order valence-corrected chi connectivity index (χ1v) is 10.1. The molecular weight excluding hydrogens is 334 g/mol. The normalized spacial score (nSPS) is 34.2. The maximum Gasteiger partial charge on any atom is 0.250 e. The Morgan fingerprint density at radius 3 is 2.52 bits per heavy atom. The summed E-state index contributed by atoms with van der Waals surface area (Å²) in [6, 6.07) is 1.46. The largest absolute Gasteiger partial charge is 0.299 e. The lowest BCUT2D eigenvalue weighted by Crippen LogP contribution is -2.48. The molecule has 7 heteroatoms. The number of anilines is 1. The van der Waals surface area contributed by atoms with Crippen LogP contribution in [-0.2, 0) is 10.2 Å². The van der Waals surface area contributed by atoms with E-state index in [1.807, 2.05) is 13.0 Å². The summed E-state index contributed by atoms with van der Waals surface area (Å²) in [5, 5.41) is 17.6. The van der Waals surface area contributed by atoms with E-state index in [0.29, 0.717) is 5.13 Å². The van der Waals surface area contributed by atoms with Gasteiger partial charge in [0.25, 0.3) is 5.91 Å². The summed E-state index contributed by atoms with van der Waals surface area (Å²) in [6.07, 6.45) is 11.5. The first-order valence-electron chi connectivity index (χ1n) is 9.25. The van der Waals surface area contributed by atoms with Crippen LogP contribution in [0.5, 0.6) is 0 Å². The zero-order chi connectivity index (χ0) is 17.0. The molecule has 0 radical (unpaired) electrons. The Hall–Kier alpha value is -1.76. The molecule has 0 saturated heterocycles. The van der Waals surface area contributed by atoms with Crippen LogP contribution in [0, 0.1) is 17.8 Å². The Morgan fingerprint density at radius 1 is 1.24 bits per heavy atom. The number of rotatable bonds is 4. The van der Waals surface area contributed by atoms with Crippen LogP contribution >= 0.6 is 11.3 Å². The van der Waals surface area contributed by atoms with Gasteiger partial charge >= 0.3 is 0 Å². The Bertz CT molecular complexity index is 748. The van der Waals surface area contributed by atoms with Crippen LogP contribution < -0.4 is 5.32 Å². The quantitative estimate of drug-likeness (QED) is 0.910. The maximum absolute atomic E-state index is 12.4. The molecule has 2 aromatic heterocycles. The van der Waals surface area contributed by atoms with Gasteiger partial charge in [-0.05, 0) is 69.3 Å². The van der Waals surface area contributed by atoms with Crippen molar-refractivity contribution in [1.29, 1.82) is 0 Å². The van der Waals surface area contributed by atoms with Gasteiger partial charge in [-0.25, -0.2) is 0 Å². The molecule has 2 aromatic rings. The van der Waals surface area contributed by atoms with E-state index in [0.717, 1.165) is 22.8 Å². The van der Waals surface area contributed by atoms with E-state index < -0.39 is 0 Å². The number of amides is 1. The van der Waals surface area contributed by atoms with Crippen molar-refractivity contribution < 1.29 is 4.79 Å². The smallest absolute Gasteiger partial charge is 0.250 e. The molecule has 4 fully saturated rings. The van der Waals surface area contributed by atoms with Crippen LogP contribution in [-0.4, -0.2) is 25.9 Å². The summed E-state index contributed by atoms with van der Waals surface area (Å²) in [4.78, 5) is 12.4. The van der Waals surface area contributed by atoms with Crippen LogP contribution in [0.2, 0.25) is 0 Å². The number of hydrogen-bond donors (Lipinski definition) is 1. The van der Waals surface area contributed by atoms with Crippen LogP contribution in [0.15, 0.2) is 18.5 Å². The van der Waals surface area contributed by atoms with Gasteiger partial charge in [-0.15, -0.1) is 10.2 Å². The lowest BCUT2D eigenvalue weighted by Gasteiger charge is -2.55. The van der Waals surface area contributed by atoms with Gasteiger partial charge < -0.3 is 0 Å². The molecule has 132 valence electrons. The summed E-state index contributed by atoms with van der Waals surface area (Å²) >= 11 is 1.58. The molecule has 25 heavy (non-hydrogen) atoms. The standard InChI is InChI=1S/C18H23N5OS/c1-11(23-4-2-3-19-23)15(24)20-17-22-21-16(25-17)18-8-12-5-13(9-18)7-14(6-12)10-18/h2-4,11-14H,5-10H2,1H3,(H,20,22,24). The van der Waals surface area contributed by atoms with E-state index in [1.54, 1.807) is 28.4 Å². The molecule has 0 spiro atoms. The van der Waals surface area contributed by atoms with Crippen molar-refractivity contribution >= 4 is 22.4 Å². The first-order chi connectivity index (χ1) is 12.1. The molecule has 4 bridgehead atoms. The van der Waals surface area contributed by atoms with Gasteiger partial charge in [0.05, 0.1) is 0 Å². The second-order valence-corrected chi connectivity index (χ2v) is 9.24. The molecule has 0 aromatic carbocycles. The van der Waals surface area contributed by atoms with Crippen LogP contribution in [0.4, 0.5) is 5.13 Å². The number of aromatic nitrogens is 4. The number of carbonyl (C=O) groups excluding carboxylic acids is 1. The topological polar surface area (TPSA) is 72.7 Å². The number of nitrogens with zero attached hydrogens (tertiary/aromatic N) is 4. The SMILES string of the molecule is CC(C(=O)Nc1nnc(C23CC4CC(CC(C4)C2)C3)s1)n1cccn1. The Kier molecular flexibility index (Phi) is 3.48.